The number of carbonyl (C=O) groups excluding carboxylic acids is 1. The second kappa shape index (κ2) is 4.75. The highest BCUT2D eigenvalue weighted by Gasteiger charge is 2.63. The number of hydrogen-bond acceptors (Lipinski definition) is 1. The van der Waals surface area contributed by atoms with Crippen LogP contribution < -0.4 is 5.32 Å². The third-order valence-electron chi connectivity index (χ3n) is 1.72. The summed E-state index contributed by atoms with van der Waals surface area (Å²) in [7, 11) is 0. The van der Waals surface area contributed by atoms with Gasteiger partial charge >= 0.3 is 18.0 Å². The topological polar surface area (TPSA) is 29.1 Å². The predicted octanol–water partition coefficient (Wildman–Crippen LogP) is 3.43. The number of amides is 1. The van der Waals surface area contributed by atoms with Gasteiger partial charge in [-0.2, -0.15) is 22.0 Å². The summed E-state index contributed by atoms with van der Waals surface area (Å²) in [6, 6.07) is 5.50. The SMILES string of the molecule is O=C(Nc1cccc(I)c1)C(F)(F)C(F)(F)F. The van der Waals surface area contributed by atoms with Gasteiger partial charge in [-0.3, -0.25) is 4.79 Å². The molecule has 0 aromatic heterocycles. The zero-order valence-corrected chi connectivity index (χ0v) is 10.1. The number of rotatable bonds is 2. The average Bonchev–Trinajstić information content (AvgIpc) is 2.15. The molecule has 0 saturated heterocycles. The van der Waals surface area contributed by atoms with Gasteiger partial charge in [0.1, 0.15) is 0 Å². The molecule has 8 heteroatoms. The van der Waals surface area contributed by atoms with Crippen molar-refractivity contribution in [3.63, 3.8) is 0 Å². The van der Waals surface area contributed by atoms with Crippen LogP contribution in [0.2, 0.25) is 0 Å². The van der Waals surface area contributed by atoms with Gasteiger partial charge in [-0.05, 0) is 40.8 Å². The second-order valence-corrected chi connectivity index (χ2v) is 4.28. The Labute approximate surface area is 106 Å². The van der Waals surface area contributed by atoms with Gasteiger partial charge in [0.05, 0.1) is 0 Å². The van der Waals surface area contributed by atoms with E-state index in [0.717, 1.165) is 0 Å². The Morgan fingerprint density at radius 3 is 2.24 bits per heavy atom. The van der Waals surface area contributed by atoms with Gasteiger partial charge in [-0.15, -0.1) is 0 Å². The van der Waals surface area contributed by atoms with Crippen molar-refractivity contribution in [3.05, 3.63) is 27.8 Å². The molecule has 1 N–H and O–H groups in total. The number of nitrogens with one attached hydrogen (secondary N) is 1. The van der Waals surface area contributed by atoms with Crippen LogP contribution in [0.1, 0.15) is 0 Å². The molecule has 17 heavy (non-hydrogen) atoms. The zero-order valence-electron chi connectivity index (χ0n) is 7.99. The van der Waals surface area contributed by atoms with Crippen molar-refractivity contribution < 1.29 is 26.7 Å². The number of carbonyl (C=O) groups is 1. The molecular formula is C9H5F5INO. The summed E-state index contributed by atoms with van der Waals surface area (Å²) in [6.45, 7) is 0. The van der Waals surface area contributed by atoms with Crippen molar-refractivity contribution in [1.29, 1.82) is 0 Å². The summed E-state index contributed by atoms with van der Waals surface area (Å²) in [4.78, 5) is 10.8. The van der Waals surface area contributed by atoms with Crippen molar-refractivity contribution in [2.45, 2.75) is 12.1 Å². The molecular weight excluding hydrogens is 360 g/mol. The monoisotopic (exact) mass is 365 g/mol. The van der Waals surface area contributed by atoms with E-state index < -0.39 is 18.0 Å². The highest BCUT2D eigenvalue weighted by Crippen LogP contribution is 2.36. The second-order valence-electron chi connectivity index (χ2n) is 3.04. The predicted molar refractivity (Wildman–Crippen MR) is 58.8 cm³/mol. The van der Waals surface area contributed by atoms with E-state index in [1.165, 1.54) is 23.5 Å². The van der Waals surface area contributed by atoms with Crippen LogP contribution in [-0.2, 0) is 4.79 Å². The van der Waals surface area contributed by atoms with Gasteiger partial charge in [-0.1, -0.05) is 6.07 Å². The summed E-state index contributed by atoms with van der Waals surface area (Å²) in [5.41, 5.74) is -0.120. The van der Waals surface area contributed by atoms with E-state index in [9.17, 15) is 26.7 Å². The normalized spacial score (nSPS) is 12.4. The quantitative estimate of drug-likeness (QED) is 0.632. The van der Waals surface area contributed by atoms with Crippen molar-refractivity contribution >= 4 is 34.2 Å². The molecule has 0 fully saturated rings. The fourth-order valence-electron chi connectivity index (χ4n) is 0.905. The van der Waals surface area contributed by atoms with Crippen LogP contribution in [0.4, 0.5) is 27.6 Å². The highest BCUT2D eigenvalue weighted by molar-refractivity contribution is 14.1. The van der Waals surface area contributed by atoms with Crippen LogP contribution in [-0.4, -0.2) is 18.0 Å². The molecule has 0 aliphatic rings. The maximum Gasteiger partial charge on any atom is 0.463 e. The van der Waals surface area contributed by atoms with E-state index in [0.29, 0.717) is 3.57 Å². The first kappa shape index (κ1) is 14.1. The van der Waals surface area contributed by atoms with Crippen LogP contribution in [0.3, 0.4) is 0 Å². The summed E-state index contributed by atoms with van der Waals surface area (Å²) in [5, 5.41) is 1.52. The maximum atomic E-state index is 12.6. The number of benzene rings is 1. The minimum absolute atomic E-state index is 0.120. The summed E-state index contributed by atoms with van der Waals surface area (Å²) in [5.74, 6) is -7.80. The summed E-state index contributed by atoms with van der Waals surface area (Å²) < 4.78 is 61.3. The van der Waals surface area contributed by atoms with E-state index in [1.807, 2.05) is 22.6 Å². The first-order chi connectivity index (χ1) is 7.64. The minimum atomic E-state index is -5.90. The van der Waals surface area contributed by atoms with Crippen LogP contribution in [0.5, 0.6) is 0 Å². The smallest absolute Gasteiger partial charge is 0.320 e. The van der Waals surface area contributed by atoms with E-state index in [-0.39, 0.29) is 5.69 Å². The fraction of sp³-hybridized carbons (Fsp3) is 0.222. The Hall–Kier alpha value is -0.930. The standard InChI is InChI=1S/C9H5F5INO/c10-8(11,9(12,13)14)7(17)16-6-3-1-2-5(15)4-6/h1-4H,(H,16,17). The average molecular weight is 365 g/mol. The molecule has 1 aromatic carbocycles. The van der Waals surface area contributed by atoms with E-state index in [1.54, 1.807) is 6.07 Å². The van der Waals surface area contributed by atoms with Crippen LogP contribution in [0.15, 0.2) is 24.3 Å². The molecule has 0 spiro atoms. The van der Waals surface area contributed by atoms with Crippen LogP contribution in [0.25, 0.3) is 0 Å². The van der Waals surface area contributed by atoms with Gasteiger partial charge in [0, 0.05) is 9.26 Å². The lowest BCUT2D eigenvalue weighted by Gasteiger charge is -2.18. The Morgan fingerprint density at radius 1 is 1.18 bits per heavy atom. The van der Waals surface area contributed by atoms with Gasteiger partial charge < -0.3 is 5.32 Å². The number of hydrogen-bond donors (Lipinski definition) is 1. The number of anilines is 1. The summed E-state index contributed by atoms with van der Waals surface area (Å²) >= 11 is 1.83. The molecule has 0 radical (unpaired) electrons. The minimum Gasteiger partial charge on any atom is -0.320 e. The van der Waals surface area contributed by atoms with Crippen molar-refractivity contribution in [2.24, 2.45) is 0 Å². The maximum absolute atomic E-state index is 12.6. The molecule has 0 saturated carbocycles. The number of alkyl halides is 5. The Bertz CT molecular complexity index is 432. The largest absolute Gasteiger partial charge is 0.463 e. The van der Waals surface area contributed by atoms with E-state index in [2.05, 4.69) is 0 Å². The molecule has 0 heterocycles. The zero-order chi connectivity index (χ0) is 13.3. The Balaban J connectivity index is 2.87. The van der Waals surface area contributed by atoms with E-state index >= 15 is 0 Å². The molecule has 2 nitrogen and oxygen atoms in total. The highest BCUT2D eigenvalue weighted by atomic mass is 127. The number of halogens is 6. The first-order valence-electron chi connectivity index (χ1n) is 4.16. The third-order valence-corrected chi connectivity index (χ3v) is 2.39. The van der Waals surface area contributed by atoms with Crippen molar-refractivity contribution in [3.8, 4) is 0 Å². The van der Waals surface area contributed by atoms with Gasteiger partial charge in [-0.25, -0.2) is 0 Å². The lowest BCUT2D eigenvalue weighted by Crippen LogP contribution is -2.47. The third kappa shape index (κ3) is 3.27. The lowest BCUT2D eigenvalue weighted by atomic mass is 10.2. The molecule has 0 aliphatic heterocycles. The lowest BCUT2D eigenvalue weighted by molar-refractivity contribution is -0.267. The molecule has 0 aliphatic carbocycles. The van der Waals surface area contributed by atoms with Crippen molar-refractivity contribution in [2.75, 3.05) is 5.32 Å². The Morgan fingerprint density at radius 2 is 1.76 bits per heavy atom. The molecule has 1 rings (SSSR count). The molecule has 1 aromatic rings. The molecule has 0 unspecified atom stereocenters. The molecule has 0 bridgehead atoms. The molecule has 1 amide bonds. The fourth-order valence-corrected chi connectivity index (χ4v) is 1.45. The van der Waals surface area contributed by atoms with E-state index in [4.69, 9.17) is 0 Å². The first-order valence-corrected chi connectivity index (χ1v) is 5.24. The van der Waals surface area contributed by atoms with Crippen molar-refractivity contribution in [1.82, 2.24) is 0 Å². The Kier molecular flexibility index (Phi) is 3.95. The van der Waals surface area contributed by atoms with Crippen LogP contribution >= 0.6 is 22.6 Å². The molecule has 0 atom stereocenters. The van der Waals surface area contributed by atoms with Gasteiger partial charge in [0.15, 0.2) is 0 Å². The molecule has 94 valence electrons. The summed E-state index contributed by atoms with van der Waals surface area (Å²) in [6.07, 6.45) is -5.90. The van der Waals surface area contributed by atoms with Gasteiger partial charge in [0.25, 0.3) is 0 Å². The van der Waals surface area contributed by atoms with Gasteiger partial charge in [0.2, 0.25) is 0 Å². The van der Waals surface area contributed by atoms with Crippen LogP contribution in [0, 0.1) is 3.57 Å².